The number of alkyl halides is 1. The molecule has 0 amide bonds. The monoisotopic (exact) mass is 692 g/mol. The van der Waals surface area contributed by atoms with Crippen molar-refractivity contribution in [2.75, 3.05) is 5.33 Å². The van der Waals surface area contributed by atoms with Crippen LogP contribution in [0.5, 0.6) is 0 Å². The molecule has 7 aromatic rings. The summed E-state index contributed by atoms with van der Waals surface area (Å²) >= 11 is 3.68. The molecule has 0 heterocycles. The third-order valence-corrected chi connectivity index (χ3v) is 9.22. The average molecular weight is 694 g/mol. The molecule has 0 saturated heterocycles. The van der Waals surface area contributed by atoms with Gasteiger partial charge < -0.3 is 0 Å². The molecule has 0 aliphatic carbocycles. The Morgan fingerprint density at radius 3 is 1.00 bits per heavy atom. The van der Waals surface area contributed by atoms with E-state index in [0.717, 1.165) is 11.8 Å². The first-order chi connectivity index (χ1) is 24.2. The van der Waals surface area contributed by atoms with Crippen molar-refractivity contribution >= 4 is 39.2 Å². The number of rotatable bonds is 10. The lowest BCUT2D eigenvalue weighted by Crippen LogP contribution is -1.91. The molecular formula is C48H37Br. The first-order valence-corrected chi connectivity index (χ1v) is 17.9. The van der Waals surface area contributed by atoms with Crippen LogP contribution in [0.1, 0.15) is 38.9 Å². The molecule has 0 aliphatic heterocycles. The summed E-state index contributed by atoms with van der Waals surface area (Å²) < 4.78 is 0. The second-order valence-corrected chi connectivity index (χ2v) is 13.0. The van der Waals surface area contributed by atoms with Crippen molar-refractivity contribution in [2.24, 2.45) is 0 Å². The minimum absolute atomic E-state index is 0.923. The highest BCUT2D eigenvalue weighted by Gasteiger charge is 2.09. The zero-order chi connectivity index (χ0) is 33.3. The van der Waals surface area contributed by atoms with Crippen molar-refractivity contribution in [1.29, 1.82) is 0 Å². The van der Waals surface area contributed by atoms with Crippen LogP contribution < -0.4 is 0 Å². The van der Waals surface area contributed by atoms with Gasteiger partial charge >= 0.3 is 0 Å². The molecule has 0 fully saturated rings. The van der Waals surface area contributed by atoms with Gasteiger partial charge in [0.2, 0.25) is 0 Å². The summed E-state index contributed by atoms with van der Waals surface area (Å²) in [5, 5.41) is 0.923. The lowest BCUT2D eigenvalue weighted by atomic mass is 9.92. The van der Waals surface area contributed by atoms with Gasteiger partial charge in [-0.3, -0.25) is 0 Å². The SMILES string of the molecule is BrCCc1cc(-c2ccc(C=C(c3ccccc3)c3ccccc3)cc2)cc(-c2ccc(C=C(c3ccccc3)c3ccccc3)cc2)c1. The Morgan fingerprint density at radius 1 is 0.367 bits per heavy atom. The minimum atomic E-state index is 0.923. The van der Waals surface area contributed by atoms with E-state index in [2.05, 4.69) is 216 Å². The summed E-state index contributed by atoms with van der Waals surface area (Å²) in [7, 11) is 0. The lowest BCUT2D eigenvalue weighted by molar-refractivity contribution is 1.17. The van der Waals surface area contributed by atoms with E-state index in [1.165, 1.54) is 72.3 Å². The highest BCUT2D eigenvalue weighted by molar-refractivity contribution is 9.09. The summed E-state index contributed by atoms with van der Waals surface area (Å²) in [6.45, 7) is 0. The van der Waals surface area contributed by atoms with E-state index in [1.54, 1.807) is 0 Å². The third-order valence-electron chi connectivity index (χ3n) is 8.83. The van der Waals surface area contributed by atoms with Gasteiger partial charge in [-0.05, 0) is 97.0 Å². The molecule has 0 saturated carbocycles. The number of hydrogen-bond donors (Lipinski definition) is 0. The van der Waals surface area contributed by atoms with Crippen LogP contribution in [0.4, 0.5) is 0 Å². The van der Waals surface area contributed by atoms with Crippen LogP contribution in [0.2, 0.25) is 0 Å². The molecule has 7 aromatic carbocycles. The first kappa shape index (κ1) is 32.1. The van der Waals surface area contributed by atoms with Gasteiger partial charge in [0.25, 0.3) is 0 Å². The van der Waals surface area contributed by atoms with E-state index < -0.39 is 0 Å². The van der Waals surface area contributed by atoms with Gasteiger partial charge in [-0.1, -0.05) is 198 Å². The van der Waals surface area contributed by atoms with Crippen molar-refractivity contribution in [3.8, 4) is 22.3 Å². The van der Waals surface area contributed by atoms with Gasteiger partial charge in [0.05, 0.1) is 0 Å². The van der Waals surface area contributed by atoms with Crippen molar-refractivity contribution < 1.29 is 0 Å². The molecule has 7 rings (SSSR count). The molecule has 0 nitrogen and oxygen atoms in total. The van der Waals surface area contributed by atoms with Crippen molar-refractivity contribution in [2.45, 2.75) is 6.42 Å². The van der Waals surface area contributed by atoms with Gasteiger partial charge in [0.1, 0.15) is 0 Å². The highest BCUT2D eigenvalue weighted by atomic mass is 79.9. The fraction of sp³-hybridized carbons (Fsp3) is 0.0417. The van der Waals surface area contributed by atoms with E-state index in [0.29, 0.717) is 0 Å². The molecule has 0 N–H and O–H groups in total. The maximum absolute atomic E-state index is 3.68. The van der Waals surface area contributed by atoms with Crippen LogP contribution in [0, 0.1) is 0 Å². The summed E-state index contributed by atoms with van der Waals surface area (Å²) in [5.41, 5.74) is 15.8. The molecule has 0 aliphatic rings. The van der Waals surface area contributed by atoms with Crippen LogP contribution in [0.25, 0.3) is 45.6 Å². The normalized spacial score (nSPS) is 10.7. The Labute approximate surface area is 298 Å². The summed E-state index contributed by atoms with van der Waals surface area (Å²) in [6, 6.07) is 67.4. The van der Waals surface area contributed by atoms with Gasteiger partial charge in [0.15, 0.2) is 0 Å². The van der Waals surface area contributed by atoms with Crippen molar-refractivity contribution in [3.05, 3.63) is 227 Å². The van der Waals surface area contributed by atoms with Crippen LogP contribution in [0.3, 0.4) is 0 Å². The largest absolute Gasteiger partial charge is 0.0924 e. The van der Waals surface area contributed by atoms with Crippen LogP contribution in [-0.2, 0) is 6.42 Å². The second-order valence-electron chi connectivity index (χ2n) is 12.2. The summed E-state index contributed by atoms with van der Waals surface area (Å²) in [5.74, 6) is 0. The molecule has 49 heavy (non-hydrogen) atoms. The van der Waals surface area contributed by atoms with Gasteiger partial charge in [-0.25, -0.2) is 0 Å². The maximum Gasteiger partial charge on any atom is 0.00718 e. The number of benzene rings is 7. The van der Waals surface area contributed by atoms with Crippen molar-refractivity contribution in [3.63, 3.8) is 0 Å². The Balaban J connectivity index is 1.20. The lowest BCUT2D eigenvalue weighted by Gasteiger charge is -2.12. The van der Waals surface area contributed by atoms with Gasteiger partial charge in [-0.15, -0.1) is 0 Å². The van der Waals surface area contributed by atoms with Gasteiger partial charge in [-0.2, -0.15) is 0 Å². The Kier molecular flexibility index (Phi) is 10.2. The predicted octanol–water partition coefficient (Wildman–Crippen LogP) is 13.1. The zero-order valence-electron chi connectivity index (χ0n) is 27.3. The molecule has 0 atom stereocenters. The van der Waals surface area contributed by atoms with E-state index in [-0.39, 0.29) is 0 Å². The number of halogens is 1. The van der Waals surface area contributed by atoms with Crippen LogP contribution in [0.15, 0.2) is 188 Å². The molecule has 1 heteroatoms. The van der Waals surface area contributed by atoms with Crippen molar-refractivity contribution in [1.82, 2.24) is 0 Å². The smallest absolute Gasteiger partial charge is 0.00718 e. The Hall–Kier alpha value is -5.50. The van der Waals surface area contributed by atoms with E-state index in [1.807, 2.05) is 0 Å². The first-order valence-electron chi connectivity index (χ1n) is 16.8. The van der Waals surface area contributed by atoms with E-state index in [4.69, 9.17) is 0 Å². The molecule has 0 radical (unpaired) electrons. The predicted molar refractivity (Wildman–Crippen MR) is 215 cm³/mol. The summed E-state index contributed by atoms with van der Waals surface area (Å²) in [6.07, 6.45) is 5.55. The minimum Gasteiger partial charge on any atom is -0.0924 e. The molecule has 0 unspecified atom stereocenters. The quantitative estimate of drug-likeness (QED) is 0.0988. The molecule has 0 aromatic heterocycles. The number of aryl methyl sites for hydroxylation is 1. The molecular weight excluding hydrogens is 656 g/mol. The molecule has 0 bridgehead atoms. The Bertz CT molecular complexity index is 1920. The fourth-order valence-corrected chi connectivity index (χ4v) is 6.75. The van der Waals surface area contributed by atoms with Crippen LogP contribution in [-0.4, -0.2) is 5.33 Å². The zero-order valence-corrected chi connectivity index (χ0v) is 28.9. The van der Waals surface area contributed by atoms with E-state index in [9.17, 15) is 0 Å². The van der Waals surface area contributed by atoms with Crippen LogP contribution >= 0.6 is 15.9 Å². The average Bonchev–Trinajstić information content (AvgIpc) is 3.18. The topological polar surface area (TPSA) is 0 Å². The third kappa shape index (κ3) is 7.97. The maximum atomic E-state index is 3.68. The standard InChI is InChI=1S/C48H37Br/c49-30-29-38-31-45(39-25-21-36(22-26-39)33-47(41-13-5-1-6-14-41)42-15-7-2-8-16-42)35-46(32-38)40-27-23-37(24-28-40)34-48(43-17-9-3-10-18-43)44-19-11-4-12-20-44/h1-28,31-35H,29-30H2. The Morgan fingerprint density at radius 2 is 0.694 bits per heavy atom. The molecule has 0 spiro atoms. The highest BCUT2D eigenvalue weighted by Crippen LogP contribution is 2.32. The van der Waals surface area contributed by atoms with Gasteiger partial charge in [0, 0.05) is 5.33 Å². The van der Waals surface area contributed by atoms with E-state index >= 15 is 0 Å². The summed E-state index contributed by atoms with van der Waals surface area (Å²) in [4.78, 5) is 0. The number of hydrogen-bond acceptors (Lipinski definition) is 0. The molecule has 236 valence electrons. The fourth-order valence-electron chi connectivity index (χ4n) is 6.29. The second kappa shape index (κ2) is 15.6.